The zero-order valence-corrected chi connectivity index (χ0v) is 15.6. The van der Waals surface area contributed by atoms with E-state index in [1.165, 1.54) is 22.7 Å². The summed E-state index contributed by atoms with van der Waals surface area (Å²) in [5, 5.41) is 3.79. The van der Waals surface area contributed by atoms with E-state index in [9.17, 15) is 21.6 Å². The molecule has 1 aliphatic heterocycles. The van der Waals surface area contributed by atoms with Crippen molar-refractivity contribution in [3.05, 3.63) is 35.7 Å². The third kappa shape index (κ3) is 4.47. The van der Waals surface area contributed by atoms with Crippen molar-refractivity contribution in [3.63, 3.8) is 0 Å². The van der Waals surface area contributed by atoms with Gasteiger partial charge in [-0.2, -0.15) is 22.5 Å². The Kier molecular flexibility index (Phi) is 5.28. The van der Waals surface area contributed by atoms with Gasteiger partial charge in [-0.1, -0.05) is 17.3 Å². The van der Waals surface area contributed by atoms with E-state index in [-0.39, 0.29) is 23.3 Å². The fourth-order valence-corrected chi connectivity index (χ4v) is 3.76. The Balaban J connectivity index is 1.73. The van der Waals surface area contributed by atoms with Gasteiger partial charge in [0, 0.05) is 31.7 Å². The second kappa shape index (κ2) is 7.21. The number of piperazine rings is 1. The van der Waals surface area contributed by atoms with Crippen molar-refractivity contribution in [2.75, 3.05) is 32.4 Å². The van der Waals surface area contributed by atoms with Crippen molar-refractivity contribution in [2.45, 2.75) is 19.1 Å². The maximum Gasteiger partial charge on any atom is 0.416 e. The van der Waals surface area contributed by atoms with Gasteiger partial charge in [-0.05, 0) is 19.1 Å². The lowest BCUT2D eigenvalue weighted by atomic mass is 10.1. The van der Waals surface area contributed by atoms with Crippen molar-refractivity contribution in [2.24, 2.45) is 0 Å². The first-order valence-electron chi connectivity index (χ1n) is 8.26. The van der Waals surface area contributed by atoms with E-state index in [4.69, 9.17) is 4.52 Å². The van der Waals surface area contributed by atoms with Crippen LogP contribution < -0.4 is 0 Å². The molecule has 27 heavy (non-hydrogen) atoms. The van der Waals surface area contributed by atoms with Gasteiger partial charge < -0.3 is 4.52 Å². The number of sulfonamides is 1. The number of rotatable bonds is 4. The molecule has 11 heteroatoms. The molecule has 3 rings (SSSR count). The number of aromatic nitrogens is 2. The van der Waals surface area contributed by atoms with E-state index in [1.54, 1.807) is 0 Å². The molecule has 2 aromatic rings. The third-order valence-electron chi connectivity index (χ3n) is 4.54. The monoisotopic (exact) mass is 404 g/mol. The van der Waals surface area contributed by atoms with E-state index in [2.05, 4.69) is 10.1 Å². The van der Waals surface area contributed by atoms with Gasteiger partial charge in [0.05, 0.1) is 17.9 Å². The second-order valence-electron chi connectivity index (χ2n) is 6.41. The second-order valence-corrected chi connectivity index (χ2v) is 8.39. The summed E-state index contributed by atoms with van der Waals surface area (Å²) >= 11 is 0. The van der Waals surface area contributed by atoms with Crippen LogP contribution in [0.2, 0.25) is 0 Å². The van der Waals surface area contributed by atoms with E-state index >= 15 is 0 Å². The first-order chi connectivity index (χ1) is 12.6. The summed E-state index contributed by atoms with van der Waals surface area (Å²) in [4.78, 5) is 6.22. The molecule has 0 aliphatic carbocycles. The minimum absolute atomic E-state index is 0.0812. The number of hydrogen-bond acceptors (Lipinski definition) is 6. The van der Waals surface area contributed by atoms with Crippen LogP contribution in [0.15, 0.2) is 28.8 Å². The van der Waals surface area contributed by atoms with Gasteiger partial charge in [0.1, 0.15) is 0 Å². The molecule has 1 aromatic heterocycles. The highest BCUT2D eigenvalue weighted by Gasteiger charge is 2.31. The van der Waals surface area contributed by atoms with Crippen molar-refractivity contribution in [3.8, 4) is 11.4 Å². The highest BCUT2D eigenvalue weighted by molar-refractivity contribution is 7.88. The third-order valence-corrected chi connectivity index (χ3v) is 5.84. The molecule has 148 valence electrons. The molecular formula is C16H19F3N4O3S. The molecule has 0 radical (unpaired) electrons. The zero-order chi connectivity index (χ0) is 19.8. The Morgan fingerprint density at radius 3 is 2.44 bits per heavy atom. The quantitative estimate of drug-likeness (QED) is 0.779. The molecule has 1 fully saturated rings. The summed E-state index contributed by atoms with van der Waals surface area (Å²) in [6, 6.07) is 4.46. The Morgan fingerprint density at radius 2 is 1.85 bits per heavy atom. The summed E-state index contributed by atoms with van der Waals surface area (Å²) in [5.41, 5.74) is -0.565. The maximum atomic E-state index is 12.9. The molecule has 0 amide bonds. The normalized spacial score (nSPS) is 18.6. The Bertz CT molecular complexity index is 906. The molecule has 0 spiro atoms. The van der Waals surface area contributed by atoms with Crippen molar-refractivity contribution in [1.29, 1.82) is 0 Å². The fraction of sp³-hybridized carbons (Fsp3) is 0.500. The zero-order valence-electron chi connectivity index (χ0n) is 14.8. The van der Waals surface area contributed by atoms with Gasteiger partial charge in [-0.3, -0.25) is 4.90 Å². The lowest BCUT2D eigenvalue weighted by molar-refractivity contribution is -0.137. The maximum absolute atomic E-state index is 12.9. The summed E-state index contributed by atoms with van der Waals surface area (Å²) < 4.78 is 68.4. The standard InChI is InChI=1S/C16H19F3N4O3S/c1-11(22-6-8-23(9-7-22)27(2,24)25)15-20-14(21-26-15)12-4-3-5-13(10-12)16(17,18)19/h3-5,10-11H,6-9H2,1-2H3/t11-/m1/s1. The predicted octanol–water partition coefficient (Wildman–Crippen LogP) is 2.39. The minimum Gasteiger partial charge on any atom is -0.337 e. The molecule has 1 saturated heterocycles. The summed E-state index contributed by atoms with van der Waals surface area (Å²) in [7, 11) is -3.22. The average molecular weight is 404 g/mol. The number of nitrogens with zero attached hydrogens (tertiary/aromatic N) is 4. The van der Waals surface area contributed by atoms with Gasteiger partial charge in [0.25, 0.3) is 0 Å². The molecule has 0 unspecified atom stereocenters. The summed E-state index contributed by atoms with van der Waals surface area (Å²) in [5.74, 6) is 0.355. The van der Waals surface area contributed by atoms with Gasteiger partial charge in [-0.15, -0.1) is 0 Å². The van der Waals surface area contributed by atoms with Crippen molar-refractivity contribution >= 4 is 10.0 Å². The van der Waals surface area contributed by atoms with Crippen LogP contribution in [0.1, 0.15) is 24.4 Å². The largest absolute Gasteiger partial charge is 0.416 e. The molecule has 2 heterocycles. The smallest absolute Gasteiger partial charge is 0.337 e. The van der Waals surface area contributed by atoms with Crippen LogP contribution >= 0.6 is 0 Å². The average Bonchev–Trinajstić information content (AvgIpc) is 3.10. The van der Waals surface area contributed by atoms with Gasteiger partial charge >= 0.3 is 6.18 Å². The van der Waals surface area contributed by atoms with Crippen LogP contribution in [0.3, 0.4) is 0 Å². The number of halogens is 3. The summed E-state index contributed by atoms with van der Waals surface area (Å²) in [6.45, 7) is 3.54. The van der Waals surface area contributed by atoms with Crippen molar-refractivity contribution < 1.29 is 26.1 Å². The molecule has 0 saturated carbocycles. The van der Waals surface area contributed by atoms with Crippen LogP contribution in [0.5, 0.6) is 0 Å². The lowest BCUT2D eigenvalue weighted by Gasteiger charge is -2.35. The van der Waals surface area contributed by atoms with Crippen molar-refractivity contribution in [1.82, 2.24) is 19.3 Å². The highest BCUT2D eigenvalue weighted by atomic mass is 32.2. The molecule has 7 nitrogen and oxygen atoms in total. The predicted molar refractivity (Wildman–Crippen MR) is 91.1 cm³/mol. The number of alkyl halides is 3. The molecule has 0 bridgehead atoms. The Hall–Kier alpha value is -1.98. The van der Waals surface area contributed by atoms with Gasteiger partial charge in [0.15, 0.2) is 0 Å². The topological polar surface area (TPSA) is 79.5 Å². The number of hydrogen-bond donors (Lipinski definition) is 0. The lowest BCUT2D eigenvalue weighted by Crippen LogP contribution is -2.48. The number of benzene rings is 1. The summed E-state index contributed by atoms with van der Waals surface area (Å²) in [6.07, 6.45) is -3.28. The first-order valence-corrected chi connectivity index (χ1v) is 10.1. The van der Waals surface area contributed by atoms with Crippen LogP contribution in [0.25, 0.3) is 11.4 Å². The van der Waals surface area contributed by atoms with E-state index < -0.39 is 21.8 Å². The SMILES string of the molecule is C[C@H](c1nc(-c2cccc(C(F)(F)F)c2)no1)N1CCN(S(C)(=O)=O)CC1. The Labute approximate surface area is 154 Å². The fourth-order valence-electron chi connectivity index (χ4n) is 2.94. The molecule has 1 atom stereocenters. The Morgan fingerprint density at radius 1 is 1.19 bits per heavy atom. The van der Waals surface area contributed by atoms with E-state index in [1.807, 2.05) is 11.8 Å². The van der Waals surface area contributed by atoms with Crippen LogP contribution in [0.4, 0.5) is 13.2 Å². The molecule has 1 aliphatic rings. The molecule has 1 aromatic carbocycles. The van der Waals surface area contributed by atoms with E-state index in [0.29, 0.717) is 26.2 Å². The van der Waals surface area contributed by atoms with E-state index in [0.717, 1.165) is 12.1 Å². The van der Waals surface area contributed by atoms with Gasteiger partial charge in [-0.25, -0.2) is 8.42 Å². The van der Waals surface area contributed by atoms with Crippen LogP contribution in [-0.4, -0.2) is 60.2 Å². The first kappa shape index (κ1) is 19.8. The highest BCUT2D eigenvalue weighted by Crippen LogP contribution is 2.32. The molecular weight excluding hydrogens is 385 g/mol. The van der Waals surface area contributed by atoms with Gasteiger partial charge in [0.2, 0.25) is 21.7 Å². The molecule has 0 N–H and O–H groups in total. The van der Waals surface area contributed by atoms with Crippen LogP contribution in [0, 0.1) is 0 Å². The van der Waals surface area contributed by atoms with Crippen LogP contribution in [-0.2, 0) is 16.2 Å². The minimum atomic E-state index is -4.45.